The zero-order valence-electron chi connectivity index (χ0n) is 16.5. The van der Waals surface area contributed by atoms with Gasteiger partial charge in [0.2, 0.25) is 0 Å². The molecule has 30 heavy (non-hydrogen) atoms. The van der Waals surface area contributed by atoms with Crippen molar-refractivity contribution in [3.63, 3.8) is 0 Å². The number of para-hydroxylation sites is 2. The first-order valence-electron chi connectivity index (χ1n) is 9.91. The molecule has 0 saturated carbocycles. The minimum atomic E-state index is -2.84. The van der Waals surface area contributed by atoms with Crippen molar-refractivity contribution in [2.45, 2.75) is 44.8 Å². The number of halogens is 2. The van der Waals surface area contributed by atoms with Crippen LogP contribution in [0.1, 0.15) is 44.1 Å². The monoisotopic (exact) mass is 412 g/mol. The number of rotatable bonds is 7. The second-order valence-corrected chi connectivity index (χ2v) is 7.36. The van der Waals surface area contributed by atoms with Gasteiger partial charge in [0, 0.05) is 0 Å². The fourth-order valence-corrected chi connectivity index (χ4v) is 4.01. The Labute approximate surface area is 172 Å². The van der Waals surface area contributed by atoms with Crippen LogP contribution in [-0.2, 0) is 16.9 Å². The third-order valence-electron chi connectivity index (χ3n) is 5.51. The molecule has 2 aromatic carbocycles. The van der Waals surface area contributed by atoms with Crippen LogP contribution in [0.3, 0.4) is 0 Å². The Morgan fingerprint density at radius 3 is 2.47 bits per heavy atom. The second kappa shape index (κ2) is 7.85. The number of alkyl halides is 2. The molecule has 4 rings (SSSR count). The number of fused-ring (bicyclic) bond motifs is 1. The van der Waals surface area contributed by atoms with Gasteiger partial charge in [-0.1, -0.05) is 62.2 Å². The summed E-state index contributed by atoms with van der Waals surface area (Å²) in [7, 11) is 0. The summed E-state index contributed by atoms with van der Waals surface area (Å²) in [4.78, 5) is 31.5. The van der Waals surface area contributed by atoms with Crippen molar-refractivity contribution >= 4 is 23.0 Å². The molecule has 1 aromatic heterocycles. The summed E-state index contributed by atoms with van der Waals surface area (Å²) in [5, 5.41) is 2.83. The number of imide groups is 1. The van der Waals surface area contributed by atoms with Crippen LogP contribution in [0.25, 0.3) is 11.0 Å². The number of nitrogens with one attached hydrogen (secondary N) is 1. The van der Waals surface area contributed by atoms with E-state index in [9.17, 15) is 18.4 Å². The van der Waals surface area contributed by atoms with Gasteiger partial charge in [0.15, 0.2) is 0 Å². The summed E-state index contributed by atoms with van der Waals surface area (Å²) < 4.78 is 28.3. The Kier molecular flexibility index (Phi) is 5.24. The number of urea groups is 1. The quantitative estimate of drug-likeness (QED) is 0.578. The Bertz CT molecular complexity index is 1080. The van der Waals surface area contributed by atoms with Gasteiger partial charge in [-0.3, -0.25) is 14.3 Å². The van der Waals surface area contributed by atoms with Gasteiger partial charge in [0.05, 0.1) is 17.6 Å². The number of hydrogen-bond acceptors (Lipinski definition) is 3. The normalized spacial score (nSPS) is 19.1. The lowest BCUT2D eigenvalue weighted by Gasteiger charge is -2.27. The summed E-state index contributed by atoms with van der Waals surface area (Å²) in [5.41, 5.74) is 0.132. The van der Waals surface area contributed by atoms with E-state index in [1.165, 1.54) is 0 Å². The molecule has 0 bridgehead atoms. The second-order valence-electron chi connectivity index (χ2n) is 7.36. The molecule has 2 heterocycles. The molecule has 1 atom stereocenters. The molecule has 6 nitrogen and oxygen atoms in total. The average Bonchev–Trinajstić information content (AvgIpc) is 3.23. The van der Waals surface area contributed by atoms with E-state index in [1.807, 2.05) is 13.0 Å². The molecule has 0 radical (unpaired) electrons. The number of imidazole rings is 1. The molecule has 1 aliphatic heterocycles. The van der Waals surface area contributed by atoms with Crippen molar-refractivity contribution in [2.24, 2.45) is 0 Å². The highest BCUT2D eigenvalue weighted by molar-refractivity contribution is 6.07. The van der Waals surface area contributed by atoms with Gasteiger partial charge in [0.1, 0.15) is 11.4 Å². The first-order chi connectivity index (χ1) is 14.5. The molecule has 1 unspecified atom stereocenters. The minimum Gasteiger partial charge on any atom is -0.319 e. The van der Waals surface area contributed by atoms with Crippen LogP contribution in [0.15, 0.2) is 54.6 Å². The van der Waals surface area contributed by atoms with E-state index in [-0.39, 0.29) is 17.9 Å². The van der Waals surface area contributed by atoms with Gasteiger partial charge in [-0.15, -0.1) is 0 Å². The van der Waals surface area contributed by atoms with Crippen molar-refractivity contribution in [3.8, 4) is 0 Å². The maximum Gasteiger partial charge on any atom is 0.325 e. The van der Waals surface area contributed by atoms with E-state index < -0.39 is 24.0 Å². The third kappa shape index (κ3) is 3.22. The first kappa shape index (κ1) is 20.0. The van der Waals surface area contributed by atoms with Crippen molar-refractivity contribution < 1.29 is 18.4 Å². The third-order valence-corrected chi connectivity index (χ3v) is 5.51. The van der Waals surface area contributed by atoms with Gasteiger partial charge < -0.3 is 5.32 Å². The fraction of sp³-hybridized carbons (Fsp3) is 0.318. The Balaban J connectivity index is 1.73. The predicted molar refractivity (Wildman–Crippen MR) is 108 cm³/mol. The van der Waals surface area contributed by atoms with Crippen molar-refractivity contribution in [2.75, 3.05) is 0 Å². The molecule has 3 amide bonds. The van der Waals surface area contributed by atoms with E-state index in [1.54, 1.807) is 48.5 Å². The largest absolute Gasteiger partial charge is 0.325 e. The van der Waals surface area contributed by atoms with Gasteiger partial charge in [-0.2, -0.15) is 8.78 Å². The molecule has 0 spiro atoms. The first-order valence-corrected chi connectivity index (χ1v) is 9.91. The van der Waals surface area contributed by atoms with Crippen LogP contribution in [-0.4, -0.2) is 26.4 Å². The molecule has 156 valence electrons. The Morgan fingerprint density at radius 2 is 1.77 bits per heavy atom. The van der Waals surface area contributed by atoms with Crippen LogP contribution in [0, 0.1) is 0 Å². The van der Waals surface area contributed by atoms with E-state index in [4.69, 9.17) is 0 Å². The maximum absolute atomic E-state index is 13.8. The van der Waals surface area contributed by atoms with Crippen LogP contribution in [0.5, 0.6) is 0 Å². The number of nitrogens with zero attached hydrogens (tertiary/aromatic N) is 3. The molecule has 1 N–H and O–H groups in total. The summed E-state index contributed by atoms with van der Waals surface area (Å²) in [6, 6.07) is 15.0. The summed E-state index contributed by atoms with van der Waals surface area (Å²) in [6.45, 7) is -1.17. The number of aromatic nitrogens is 2. The highest BCUT2D eigenvalue weighted by Gasteiger charge is 2.52. The Morgan fingerprint density at radius 1 is 1.07 bits per heavy atom. The van der Waals surface area contributed by atoms with Crippen LogP contribution < -0.4 is 5.32 Å². The molecule has 1 saturated heterocycles. The standard InChI is InChI=1S/C22H22F2N4O2/c1-2-3-13-22(15-9-5-4-6-10-15)19(29)27(21(30)26-22)14-18-25-16-11-7-8-12-17(16)28(18)20(23)24/h4-12,20H,2-3,13-14H2,1H3,(H,26,30). The van der Waals surface area contributed by atoms with Crippen molar-refractivity contribution in [3.05, 3.63) is 66.0 Å². The summed E-state index contributed by atoms with van der Waals surface area (Å²) >= 11 is 0. The molecular weight excluding hydrogens is 390 g/mol. The van der Waals surface area contributed by atoms with Crippen LogP contribution >= 0.6 is 0 Å². The predicted octanol–water partition coefficient (Wildman–Crippen LogP) is 4.57. The van der Waals surface area contributed by atoms with Gasteiger partial charge in [0.25, 0.3) is 5.91 Å². The van der Waals surface area contributed by atoms with Crippen LogP contribution in [0.2, 0.25) is 0 Å². The number of carbonyl (C=O) groups excluding carboxylic acids is 2. The SMILES string of the molecule is CCCCC1(c2ccccc2)NC(=O)N(Cc2nc3ccccc3n2C(F)F)C1=O. The van der Waals surface area contributed by atoms with E-state index in [0.717, 1.165) is 22.3 Å². The topological polar surface area (TPSA) is 67.2 Å². The highest BCUT2D eigenvalue weighted by Crippen LogP contribution is 2.35. The molecule has 1 fully saturated rings. The van der Waals surface area contributed by atoms with Gasteiger partial charge >= 0.3 is 12.6 Å². The number of benzene rings is 2. The molecule has 1 aliphatic rings. The number of hydrogen-bond donors (Lipinski definition) is 1. The Hall–Kier alpha value is -3.29. The lowest BCUT2D eigenvalue weighted by molar-refractivity contribution is -0.132. The number of unbranched alkanes of at least 4 members (excludes halogenated alkanes) is 1. The average molecular weight is 412 g/mol. The van der Waals surface area contributed by atoms with Gasteiger partial charge in [-0.05, 0) is 24.1 Å². The lowest BCUT2D eigenvalue weighted by atomic mass is 9.85. The minimum absolute atomic E-state index is 0.0333. The summed E-state index contributed by atoms with van der Waals surface area (Å²) in [6.07, 6.45) is 2.00. The van der Waals surface area contributed by atoms with Crippen LogP contribution in [0.4, 0.5) is 13.6 Å². The molecular formula is C22H22F2N4O2. The number of amides is 3. The summed E-state index contributed by atoms with van der Waals surface area (Å²) in [5.74, 6) is -0.478. The van der Waals surface area contributed by atoms with Crippen molar-refractivity contribution in [1.82, 2.24) is 19.8 Å². The van der Waals surface area contributed by atoms with E-state index in [2.05, 4.69) is 10.3 Å². The molecule has 3 aromatic rings. The lowest BCUT2D eigenvalue weighted by Crippen LogP contribution is -2.44. The van der Waals surface area contributed by atoms with Gasteiger partial charge in [-0.25, -0.2) is 9.78 Å². The smallest absolute Gasteiger partial charge is 0.319 e. The van der Waals surface area contributed by atoms with Crippen molar-refractivity contribution in [1.29, 1.82) is 0 Å². The molecule has 0 aliphatic carbocycles. The zero-order valence-corrected chi connectivity index (χ0v) is 16.5. The van der Waals surface area contributed by atoms with E-state index in [0.29, 0.717) is 17.5 Å². The zero-order chi connectivity index (χ0) is 21.3. The number of carbonyl (C=O) groups is 2. The fourth-order valence-electron chi connectivity index (χ4n) is 4.01. The molecule has 8 heteroatoms. The highest BCUT2D eigenvalue weighted by atomic mass is 19.3. The van der Waals surface area contributed by atoms with E-state index >= 15 is 0 Å². The maximum atomic E-state index is 13.8.